The molecule has 0 aliphatic carbocycles. The second-order valence-electron chi connectivity index (χ2n) is 10.9. The first-order valence-corrected chi connectivity index (χ1v) is 14.2. The molecular weight excluding hydrogens is 546 g/mol. The Kier molecular flexibility index (Phi) is 10.4. The molecule has 1 heterocycles. The van der Waals surface area contributed by atoms with E-state index in [9.17, 15) is 31.4 Å². The second kappa shape index (κ2) is 13.0. The van der Waals surface area contributed by atoms with Gasteiger partial charge in [-0.15, -0.1) is 0 Å². The standard InChI is InChI=1S/C31H40F6N2O2/c1-5-10-23-18-26(29(40,30(32,33)34)31(35,36)37)19-24(11-6-2)27(23)41-17-9-8-16-39-20-28(4,38-21-39)25-14-12-22(7-3)13-15-25/h12-15,18-19,21,40H,5-11,16-17,20H2,1-4H3. The summed E-state index contributed by atoms with van der Waals surface area (Å²) in [6.45, 7) is 9.50. The van der Waals surface area contributed by atoms with Gasteiger partial charge < -0.3 is 14.7 Å². The Morgan fingerprint density at radius 1 is 0.902 bits per heavy atom. The number of aryl methyl sites for hydroxylation is 3. The molecule has 0 radical (unpaired) electrons. The molecule has 3 rings (SSSR count). The lowest BCUT2D eigenvalue weighted by Gasteiger charge is -2.33. The molecule has 1 aliphatic heterocycles. The van der Waals surface area contributed by atoms with Crippen molar-refractivity contribution < 1.29 is 36.2 Å². The first-order chi connectivity index (χ1) is 19.2. The van der Waals surface area contributed by atoms with E-state index in [1.165, 1.54) is 5.56 Å². The number of unbranched alkanes of at least 4 members (excludes halogenated alkanes) is 1. The summed E-state index contributed by atoms with van der Waals surface area (Å²) < 4.78 is 87.6. The maximum atomic E-state index is 13.6. The van der Waals surface area contributed by atoms with Gasteiger partial charge in [-0.05, 0) is 73.4 Å². The smallest absolute Gasteiger partial charge is 0.430 e. The highest BCUT2D eigenvalue weighted by Crippen LogP contribution is 2.51. The lowest BCUT2D eigenvalue weighted by molar-refractivity contribution is -0.376. The Morgan fingerprint density at radius 2 is 1.46 bits per heavy atom. The van der Waals surface area contributed by atoms with Gasteiger partial charge in [0.2, 0.25) is 0 Å². The minimum absolute atomic E-state index is 0.216. The number of ether oxygens (including phenoxy) is 1. The molecule has 1 atom stereocenters. The van der Waals surface area contributed by atoms with Crippen LogP contribution in [-0.4, -0.2) is 48.4 Å². The molecule has 0 bridgehead atoms. The van der Waals surface area contributed by atoms with Gasteiger partial charge in [-0.1, -0.05) is 57.9 Å². The van der Waals surface area contributed by atoms with Crippen molar-refractivity contribution in [3.63, 3.8) is 0 Å². The molecule has 0 saturated heterocycles. The number of rotatable bonds is 13. The van der Waals surface area contributed by atoms with Gasteiger partial charge in [-0.3, -0.25) is 4.99 Å². The zero-order chi connectivity index (χ0) is 30.5. The van der Waals surface area contributed by atoms with Gasteiger partial charge >= 0.3 is 12.4 Å². The van der Waals surface area contributed by atoms with Gasteiger partial charge in [0.25, 0.3) is 5.60 Å². The Hall–Kier alpha value is -2.75. The van der Waals surface area contributed by atoms with Crippen LogP contribution in [0.5, 0.6) is 5.75 Å². The van der Waals surface area contributed by atoms with Crippen molar-refractivity contribution in [2.45, 2.75) is 96.1 Å². The molecule has 41 heavy (non-hydrogen) atoms. The van der Waals surface area contributed by atoms with Crippen molar-refractivity contribution >= 4 is 6.34 Å². The van der Waals surface area contributed by atoms with Crippen LogP contribution in [0.3, 0.4) is 0 Å². The van der Waals surface area contributed by atoms with E-state index in [1.54, 1.807) is 13.8 Å². The van der Waals surface area contributed by atoms with Crippen molar-refractivity contribution in [2.75, 3.05) is 19.7 Å². The summed E-state index contributed by atoms with van der Waals surface area (Å²) >= 11 is 0. The number of nitrogens with zero attached hydrogens (tertiary/aromatic N) is 2. The van der Waals surface area contributed by atoms with Crippen LogP contribution in [0.15, 0.2) is 41.4 Å². The highest BCUT2D eigenvalue weighted by atomic mass is 19.4. The van der Waals surface area contributed by atoms with E-state index in [4.69, 9.17) is 9.73 Å². The summed E-state index contributed by atoms with van der Waals surface area (Å²) in [7, 11) is 0. The monoisotopic (exact) mass is 586 g/mol. The minimum Gasteiger partial charge on any atom is -0.493 e. The quantitative estimate of drug-likeness (QED) is 0.192. The van der Waals surface area contributed by atoms with Crippen LogP contribution in [0.4, 0.5) is 26.3 Å². The maximum absolute atomic E-state index is 13.6. The van der Waals surface area contributed by atoms with E-state index in [0.717, 1.165) is 43.6 Å². The van der Waals surface area contributed by atoms with Gasteiger partial charge in [0.1, 0.15) is 11.3 Å². The number of aliphatic hydroxyl groups is 1. The largest absolute Gasteiger partial charge is 0.493 e. The SMILES string of the molecule is CCCc1cc(C(O)(C(F)(F)F)C(F)(F)F)cc(CCC)c1OCCCCN1C=NC(C)(c2ccc(CC)cc2)C1. The molecule has 1 N–H and O–H groups in total. The number of benzene rings is 2. The molecule has 10 heteroatoms. The Bertz CT molecular complexity index is 1140. The van der Waals surface area contributed by atoms with Crippen molar-refractivity contribution in [1.29, 1.82) is 0 Å². The van der Waals surface area contributed by atoms with E-state index < -0.39 is 23.5 Å². The lowest BCUT2D eigenvalue weighted by Crippen LogP contribution is -2.54. The Morgan fingerprint density at radius 3 is 1.95 bits per heavy atom. The van der Waals surface area contributed by atoms with E-state index in [2.05, 4.69) is 43.0 Å². The van der Waals surface area contributed by atoms with E-state index in [-0.39, 0.29) is 36.1 Å². The van der Waals surface area contributed by atoms with Crippen molar-refractivity contribution in [2.24, 2.45) is 4.99 Å². The zero-order valence-corrected chi connectivity index (χ0v) is 24.1. The summed E-state index contributed by atoms with van der Waals surface area (Å²) in [5.41, 5.74) is -3.63. The van der Waals surface area contributed by atoms with Gasteiger partial charge in [-0.2, -0.15) is 26.3 Å². The molecule has 0 aromatic heterocycles. The molecule has 2 aromatic rings. The predicted molar refractivity (Wildman–Crippen MR) is 148 cm³/mol. The molecule has 0 amide bonds. The summed E-state index contributed by atoms with van der Waals surface area (Å²) in [4.78, 5) is 6.88. The van der Waals surface area contributed by atoms with Crippen molar-refractivity contribution in [3.05, 3.63) is 64.2 Å². The topological polar surface area (TPSA) is 45.1 Å². The molecule has 0 spiro atoms. The third-order valence-electron chi connectivity index (χ3n) is 7.61. The second-order valence-corrected chi connectivity index (χ2v) is 10.9. The maximum Gasteiger partial charge on any atom is 0.430 e. The number of hydrogen-bond acceptors (Lipinski definition) is 4. The molecule has 228 valence electrons. The van der Waals surface area contributed by atoms with Crippen molar-refractivity contribution in [1.82, 2.24) is 4.90 Å². The van der Waals surface area contributed by atoms with Crippen LogP contribution < -0.4 is 4.74 Å². The summed E-state index contributed by atoms with van der Waals surface area (Å²) in [6, 6.07) is 10.1. The highest BCUT2D eigenvalue weighted by molar-refractivity contribution is 5.60. The van der Waals surface area contributed by atoms with Crippen LogP contribution >= 0.6 is 0 Å². The van der Waals surface area contributed by atoms with E-state index in [1.807, 2.05) is 6.34 Å². The molecule has 0 fully saturated rings. The number of alkyl halides is 6. The highest BCUT2D eigenvalue weighted by Gasteiger charge is 2.71. The Balaban J connectivity index is 1.68. The van der Waals surface area contributed by atoms with Crippen LogP contribution in [0.2, 0.25) is 0 Å². The van der Waals surface area contributed by atoms with Gasteiger partial charge in [0, 0.05) is 18.7 Å². The summed E-state index contributed by atoms with van der Waals surface area (Å²) in [5, 5.41) is 10.0. The van der Waals surface area contributed by atoms with Gasteiger partial charge in [0.15, 0.2) is 0 Å². The fraction of sp³-hybridized carbons (Fsp3) is 0.581. The molecule has 2 aromatic carbocycles. The molecule has 1 aliphatic rings. The molecule has 1 unspecified atom stereocenters. The summed E-state index contributed by atoms with van der Waals surface area (Å²) in [5.74, 6) is 0.315. The third kappa shape index (κ3) is 7.19. The average molecular weight is 587 g/mol. The van der Waals surface area contributed by atoms with Crippen LogP contribution in [0, 0.1) is 0 Å². The molecular formula is C31H40F6N2O2. The van der Waals surface area contributed by atoms with E-state index in [0.29, 0.717) is 25.0 Å². The predicted octanol–water partition coefficient (Wildman–Crippen LogP) is 7.88. The van der Waals surface area contributed by atoms with E-state index >= 15 is 0 Å². The van der Waals surface area contributed by atoms with Gasteiger partial charge in [0.05, 0.1) is 12.9 Å². The first kappa shape index (κ1) is 32.8. The average Bonchev–Trinajstić information content (AvgIpc) is 3.30. The molecule has 0 saturated carbocycles. The van der Waals surface area contributed by atoms with Crippen LogP contribution in [-0.2, 0) is 30.4 Å². The fourth-order valence-electron chi connectivity index (χ4n) is 5.23. The number of aliphatic imine (C=N–C) groups is 1. The lowest BCUT2D eigenvalue weighted by atomic mass is 9.87. The third-order valence-corrected chi connectivity index (χ3v) is 7.61. The summed E-state index contributed by atoms with van der Waals surface area (Å²) in [6.07, 6.45) is -6.24. The first-order valence-electron chi connectivity index (χ1n) is 14.2. The normalized spacial score (nSPS) is 17.9. The molecule has 4 nitrogen and oxygen atoms in total. The fourth-order valence-corrected chi connectivity index (χ4v) is 5.23. The van der Waals surface area contributed by atoms with Gasteiger partial charge in [-0.25, -0.2) is 0 Å². The Labute approximate surface area is 238 Å². The van der Waals surface area contributed by atoms with Crippen molar-refractivity contribution in [3.8, 4) is 5.75 Å². The van der Waals surface area contributed by atoms with Crippen LogP contribution in [0.25, 0.3) is 0 Å². The number of hydrogen-bond donors (Lipinski definition) is 1. The minimum atomic E-state index is -5.94. The van der Waals surface area contributed by atoms with Crippen LogP contribution in [0.1, 0.15) is 81.2 Å². The number of halogens is 6. The zero-order valence-electron chi connectivity index (χ0n) is 24.1.